The van der Waals surface area contributed by atoms with Crippen LogP contribution in [0.25, 0.3) is 22.4 Å². The van der Waals surface area contributed by atoms with Gasteiger partial charge in [-0.25, -0.2) is 9.78 Å². The van der Waals surface area contributed by atoms with E-state index in [4.69, 9.17) is 27.6 Å². The number of aromatic nitrogens is 1. The third kappa shape index (κ3) is 2.48. The number of carboxylic acids is 1. The first-order valence-corrected chi connectivity index (χ1v) is 6.81. The Morgan fingerprint density at radius 3 is 2.62 bits per heavy atom. The van der Waals surface area contributed by atoms with Crippen LogP contribution >= 0.6 is 23.2 Å². The lowest BCUT2D eigenvalue weighted by molar-refractivity contribution is 0.0699. The number of aromatic carboxylic acids is 1. The zero-order chi connectivity index (χ0) is 15.1. The van der Waals surface area contributed by atoms with Crippen LogP contribution in [0, 0.1) is 6.92 Å². The van der Waals surface area contributed by atoms with Crippen molar-refractivity contribution in [2.24, 2.45) is 0 Å². The normalized spacial score (nSPS) is 11.0. The first kappa shape index (κ1) is 13.9. The highest BCUT2D eigenvalue weighted by Crippen LogP contribution is 2.32. The fourth-order valence-electron chi connectivity index (χ4n) is 2.13. The molecular weight excluding hydrogens is 313 g/mol. The molecule has 0 amide bonds. The van der Waals surface area contributed by atoms with Crippen LogP contribution in [0.15, 0.2) is 34.7 Å². The Kier molecular flexibility index (Phi) is 3.35. The number of halogens is 2. The molecule has 21 heavy (non-hydrogen) atoms. The molecule has 1 aromatic carbocycles. The molecule has 0 aliphatic carbocycles. The Morgan fingerprint density at radius 2 is 2.00 bits per heavy atom. The Labute approximate surface area is 129 Å². The van der Waals surface area contributed by atoms with Gasteiger partial charge in [0.25, 0.3) is 0 Å². The molecular formula is C15H9Cl2NO3. The lowest BCUT2D eigenvalue weighted by Crippen LogP contribution is -2.00. The van der Waals surface area contributed by atoms with Crippen molar-refractivity contribution in [1.29, 1.82) is 0 Å². The molecule has 0 spiro atoms. The van der Waals surface area contributed by atoms with Gasteiger partial charge in [-0.1, -0.05) is 23.2 Å². The molecule has 0 bridgehead atoms. The second-order valence-electron chi connectivity index (χ2n) is 4.55. The van der Waals surface area contributed by atoms with Crippen LogP contribution < -0.4 is 0 Å². The fraction of sp³-hybridized carbons (Fsp3) is 0.0667. The van der Waals surface area contributed by atoms with Crippen LogP contribution in [0.2, 0.25) is 10.0 Å². The van der Waals surface area contributed by atoms with Crippen LogP contribution in [-0.4, -0.2) is 16.1 Å². The van der Waals surface area contributed by atoms with Crippen LogP contribution in [0.5, 0.6) is 0 Å². The lowest BCUT2D eigenvalue weighted by Gasteiger charge is -2.07. The van der Waals surface area contributed by atoms with Crippen molar-refractivity contribution < 1.29 is 14.3 Å². The number of fused-ring (bicyclic) bond motifs is 1. The monoisotopic (exact) mass is 321 g/mol. The van der Waals surface area contributed by atoms with E-state index in [0.717, 1.165) is 0 Å². The predicted octanol–water partition coefficient (Wildman–Crippen LogP) is 4.81. The summed E-state index contributed by atoms with van der Waals surface area (Å²) < 4.78 is 5.49. The highest BCUT2D eigenvalue weighted by Gasteiger charge is 2.17. The van der Waals surface area contributed by atoms with Gasteiger partial charge in [-0.05, 0) is 37.3 Å². The number of carboxylic acid groups (broad SMARTS) is 1. The maximum absolute atomic E-state index is 11.5. The molecule has 0 aliphatic rings. The molecule has 106 valence electrons. The molecule has 6 heteroatoms. The first-order chi connectivity index (χ1) is 9.95. The minimum Gasteiger partial charge on any atom is -0.478 e. The molecule has 2 heterocycles. The van der Waals surface area contributed by atoms with Crippen LogP contribution in [0.4, 0.5) is 0 Å². The highest BCUT2D eigenvalue weighted by molar-refractivity contribution is 6.38. The SMILES string of the molecule is Cc1ccc(-c2cc(C(=O)O)c3cc(Cl)cc(Cl)c3n2)o1. The number of pyridine rings is 1. The van der Waals surface area contributed by atoms with E-state index in [1.807, 2.05) is 0 Å². The van der Waals surface area contributed by atoms with Crippen molar-refractivity contribution in [3.8, 4) is 11.5 Å². The number of rotatable bonds is 2. The summed E-state index contributed by atoms with van der Waals surface area (Å²) in [7, 11) is 0. The molecule has 2 aromatic heterocycles. The van der Waals surface area contributed by atoms with E-state index in [-0.39, 0.29) is 5.56 Å². The Hall–Kier alpha value is -2.04. The number of benzene rings is 1. The summed E-state index contributed by atoms with van der Waals surface area (Å²) >= 11 is 12.1. The molecule has 3 aromatic rings. The van der Waals surface area contributed by atoms with E-state index in [1.54, 1.807) is 19.1 Å². The maximum atomic E-state index is 11.5. The summed E-state index contributed by atoms with van der Waals surface area (Å²) in [5.41, 5.74) is 0.871. The molecule has 0 aliphatic heterocycles. The third-order valence-corrected chi connectivity index (χ3v) is 3.56. The first-order valence-electron chi connectivity index (χ1n) is 6.05. The summed E-state index contributed by atoms with van der Waals surface area (Å²) in [6, 6.07) is 8.04. The van der Waals surface area contributed by atoms with E-state index >= 15 is 0 Å². The Balaban J connectivity index is 2.37. The van der Waals surface area contributed by atoms with Gasteiger partial charge in [0.2, 0.25) is 0 Å². The van der Waals surface area contributed by atoms with Crippen molar-refractivity contribution in [1.82, 2.24) is 4.98 Å². The minimum absolute atomic E-state index is 0.0773. The summed E-state index contributed by atoms with van der Waals surface area (Å²) in [6.45, 7) is 1.80. The molecule has 0 radical (unpaired) electrons. The molecule has 0 atom stereocenters. The number of carbonyl (C=O) groups is 1. The zero-order valence-corrected chi connectivity index (χ0v) is 12.4. The number of aryl methyl sites for hydroxylation is 1. The van der Waals surface area contributed by atoms with Gasteiger partial charge in [0.15, 0.2) is 5.76 Å². The fourth-order valence-corrected chi connectivity index (χ4v) is 2.66. The van der Waals surface area contributed by atoms with E-state index in [0.29, 0.717) is 38.2 Å². The van der Waals surface area contributed by atoms with E-state index < -0.39 is 5.97 Å². The minimum atomic E-state index is -1.08. The summed E-state index contributed by atoms with van der Waals surface area (Å²) in [6.07, 6.45) is 0. The van der Waals surface area contributed by atoms with Crippen LogP contribution in [-0.2, 0) is 0 Å². The second-order valence-corrected chi connectivity index (χ2v) is 5.40. The zero-order valence-electron chi connectivity index (χ0n) is 10.9. The van der Waals surface area contributed by atoms with Gasteiger partial charge in [-0.15, -0.1) is 0 Å². The molecule has 1 N–H and O–H groups in total. The number of hydrogen-bond acceptors (Lipinski definition) is 3. The van der Waals surface area contributed by atoms with Crippen molar-refractivity contribution in [2.45, 2.75) is 6.92 Å². The second kappa shape index (κ2) is 5.06. The highest BCUT2D eigenvalue weighted by atomic mass is 35.5. The van der Waals surface area contributed by atoms with Gasteiger partial charge < -0.3 is 9.52 Å². The molecule has 3 rings (SSSR count). The number of hydrogen-bond donors (Lipinski definition) is 1. The number of furan rings is 1. The molecule has 0 fully saturated rings. The largest absolute Gasteiger partial charge is 0.478 e. The third-order valence-electron chi connectivity index (χ3n) is 3.05. The Bertz CT molecular complexity index is 871. The van der Waals surface area contributed by atoms with Gasteiger partial charge in [0.05, 0.1) is 16.1 Å². The van der Waals surface area contributed by atoms with Gasteiger partial charge in [-0.3, -0.25) is 0 Å². The smallest absolute Gasteiger partial charge is 0.336 e. The lowest BCUT2D eigenvalue weighted by atomic mass is 10.1. The van der Waals surface area contributed by atoms with E-state index in [2.05, 4.69) is 4.98 Å². The van der Waals surface area contributed by atoms with Gasteiger partial charge in [0.1, 0.15) is 11.5 Å². The molecule has 4 nitrogen and oxygen atoms in total. The van der Waals surface area contributed by atoms with E-state index in [9.17, 15) is 9.90 Å². The van der Waals surface area contributed by atoms with Gasteiger partial charge in [-0.2, -0.15) is 0 Å². The van der Waals surface area contributed by atoms with Crippen molar-refractivity contribution >= 4 is 40.1 Å². The Morgan fingerprint density at radius 1 is 1.24 bits per heavy atom. The van der Waals surface area contributed by atoms with E-state index in [1.165, 1.54) is 18.2 Å². The van der Waals surface area contributed by atoms with Crippen molar-refractivity contribution in [3.63, 3.8) is 0 Å². The van der Waals surface area contributed by atoms with Crippen LogP contribution in [0.1, 0.15) is 16.1 Å². The maximum Gasteiger partial charge on any atom is 0.336 e. The van der Waals surface area contributed by atoms with Gasteiger partial charge >= 0.3 is 5.97 Å². The summed E-state index contributed by atoms with van der Waals surface area (Å²) in [4.78, 5) is 15.9. The molecule has 0 unspecified atom stereocenters. The average Bonchev–Trinajstić information content (AvgIpc) is 2.84. The average molecular weight is 322 g/mol. The number of nitrogens with zero attached hydrogens (tertiary/aromatic N) is 1. The standard InChI is InChI=1S/C15H9Cl2NO3/c1-7-2-3-13(21-7)12-6-10(15(19)20)9-4-8(16)5-11(17)14(9)18-12/h2-6H,1H3,(H,19,20). The summed E-state index contributed by atoms with van der Waals surface area (Å²) in [5, 5.41) is 10.4. The van der Waals surface area contributed by atoms with Crippen molar-refractivity contribution in [2.75, 3.05) is 0 Å². The quantitative estimate of drug-likeness (QED) is 0.735. The van der Waals surface area contributed by atoms with Crippen LogP contribution in [0.3, 0.4) is 0 Å². The molecule has 0 saturated heterocycles. The van der Waals surface area contributed by atoms with Gasteiger partial charge in [0, 0.05) is 10.4 Å². The van der Waals surface area contributed by atoms with Crippen molar-refractivity contribution in [3.05, 3.63) is 51.7 Å². The predicted molar refractivity (Wildman–Crippen MR) is 81.2 cm³/mol. The summed E-state index contributed by atoms with van der Waals surface area (Å²) in [5.74, 6) is 0.124. The topological polar surface area (TPSA) is 63.3 Å². The molecule has 0 saturated carbocycles.